The number of aromatic nitrogens is 2. The van der Waals surface area contributed by atoms with E-state index in [0.29, 0.717) is 6.61 Å². The first kappa shape index (κ1) is 15.4. The average Bonchev–Trinajstić information content (AvgIpc) is 2.75. The smallest absolute Gasteiger partial charge is 0.0895 e. The van der Waals surface area contributed by atoms with E-state index in [4.69, 9.17) is 15.3 Å². The molecule has 0 aromatic carbocycles. The maximum atomic E-state index is 6.09. The molecule has 1 aliphatic heterocycles. The summed E-state index contributed by atoms with van der Waals surface area (Å²) < 4.78 is 13.5. The van der Waals surface area contributed by atoms with Gasteiger partial charge in [-0.2, -0.15) is 5.10 Å². The third-order valence-electron chi connectivity index (χ3n) is 4.12. The van der Waals surface area contributed by atoms with Crippen LogP contribution < -0.4 is 11.3 Å². The van der Waals surface area contributed by atoms with Crippen LogP contribution in [0.25, 0.3) is 0 Å². The zero-order valence-electron chi connectivity index (χ0n) is 12.7. The Kier molecular flexibility index (Phi) is 5.15. The summed E-state index contributed by atoms with van der Waals surface area (Å²) in [6.45, 7) is 6.16. The van der Waals surface area contributed by atoms with Gasteiger partial charge in [0, 0.05) is 51.8 Å². The van der Waals surface area contributed by atoms with E-state index in [2.05, 4.69) is 16.6 Å². The zero-order chi connectivity index (χ0) is 14.6. The minimum absolute atomic E-state index is 0.0566. The molecule has 0 radical (unpaired) electrons. The summed E-state index contributed by atoms with van der Waals surface area (Å²) in [6.07, 6.45) is 2.53. The van der Waals surface area contributed by atoms with Gasteiger partial charge in [0.25, 0.3) is 0 Å². The number of ether oxygens (including phenoxy) is 2. The van der Waals surface area contributed by atoms with Gasteiger partial charge >= 0.3 is 0 Å². The van der Waals surface area contributed by atoms with E-state index in [1.807, 2.05) is 25.6 Å². The van der Waals surface area contributed by atoms with E-state index in [0.717, 1.165) is 43.9 Å². The van der Waals surface area contributed by atoms with Gasteiger partial charge in [0.1, 0.15) is 0 Å². The lowest BCUT2D eigenvalue weighted by atomic mass is 9.83. The monoisotopic (exact) mass is 282 g/mol. The highest BCUT2D eigenvalue weighted by molar-refractivity contribution is 5.12. The number of nitrogens with one attached hydrogen (secondary N) is 1. The van der Waals surface area contributed by atoms with Crippen LogP contribution in [0.3, 0.4) is 0 Å². The Bertz CT molecular complexity index is 421. The van der Waals surface area contributed by atoms with Crippen LogP contribution in [-0.4, -0.2) is 41.2 Å². The molecule has 0 amide bonds. The number of hydrogen-bond donors (Lipinski definition) is 2. The van der Waals surface area contributed by atoms with Crippen LogP contribution in [0.4, 0.5) is 0 Å². The van der Waals surface area contributed by atoms with Crippen molar-refractivity contribution in [2.75, 3.05) is 19.8 Å². The van der Waals surface area contributed by atoms with Crippen molar-refractivity contribution in [1.29, 1.82) is 0 Å². The lowest BCUT2D eigenvalue weighted by Crippen LogP contribution is -2.58. The average molecular weight is 282 g/mol. The third-order valence-corrected chi connectivity index (χ3v) is 4.12. The molecule has 0 spiro atoms. The number of hydrogen-bond acceptors (Lipinski definition) is 5. The summed E-state index contributed by atoms with van der Waals surface area (Å²) in [5.74, 6) is 5.82. The molecule has 0 bridgehead atoms. The molecule has 3 N–H and O–H groups in total. The predicted octanol–water partition coefficient (Wildman–Crippen LogP) is 0.689. The van der Waals surface area contributed by atoms with Crippen LogP contribution in [0.1, 0.15) is 31.2 Å². The Morgan fingerprint density at radius 3 is 2.75 bits per heavy atom. The molecule has 6 nitrogen and oxygen atoms in total. The van der Waals surface area contributed by atoms with Gasteiger partial charge in [-0.1, -0.05) is 0 Å². The predicted molar refractivity (Wildman–Crippen MR) is 77.2 cm³/mol. The molecule has 1 fully saturated rings. The molecule has 1 aromatic heterocycles. The molecular formula is C14H26N4O2. The molecule has 20 heavy (non-hydrogen) atoms. The summed E-state index contributed by atoms with van der Waals surface area (Å²) in [5.41, 5.74) is 4.90. The van der Waals surface area contributed by atoms with Crippen molar-refractivity contribution in [3.05, 3.63) is 17.5 Å². The summed E-state index contributed by atoms with van der Waals surface area (Å²) >= 11 is 0. The molecule has 6 heteroatoms. The topological polar surface area (TPSA) is 74.3 Å². The normalized spacial score (nSPS) is 20.0. The molecular weight excluding hydrogens is 256 g/mol. The van der Waals surface area contributed by atoms with Gasteiger partial charge in [0.15, 0.2) is 0 Å². The molecule has 114 valence electrons. The molecule has 1 unspecified atom stereocenters. The molecule has 0 saturated carbocycles. The first-order chi connectivity index (χ1) is 9.61. The highest BCUT2D eigenvalue weighted by Gasteiger charge is 2.41. The number of nitrogens with zero attached hydrogens (tertiary/aromatic N) is 2. The molecule has 2 heterocycles. The lowest BCUT2D eigenvalue weighted by Gasteiger charge is -2.42. The zero-order valence-corrected chi connectivity index (χ0v) is 12.7. The fourth-order valence-electron chi connectivity index (χ4n) is 3.06. The van der Waals surface area contributed by atoms with E-state index in [-0.39, 0.29) is 11.6 Å². The standard InChI is InChI=1S/C14H26N4O2/c1-4-20-14(5-7-19-8-6-14)13(16-15)10-12-9-11(2)17-18(12)3/h9,13,16H,4-8,10,15H2,1-3H3. The Hall–Kier alpha value is -0.950. The van der Waals surface area contributed by atoms with Gasteiger partial charge in [-0.25, -0.2) is 0 Å². The number of nitrogens with two attached hydrogens (primary N) is 1. The second-order valence-electron chi connectivity index (χ2n) is 5.43. The fourth-order valence-corrected chi connectivity index (χ4v) is 3.06. The number of rotatable bonds is 6. The van der Waals surface area contributed by atoms with Crippen molar-refractivity contribution in [1.82, 2.24) is 15.2 Å². The largest absolute Gasteiger partial charge is 0.381 e. The van der Waals surface area contributed by atoms with Crippen LogP contribution in [-0.2, 0) is 22.9 Å². The van der Waals surface area contributed by atoms with Crippen molar-refractivity contribution >= 4 is 0 Å². The van der Waals surface area contributed by atoms with Crippen molar-refractivity contribution < 1.29 is 9.47 Å². The van der Waals surface area contributed by atoms with Crippen molar-refractivity contribution in [3.8, 4) is 0 Å². The van der Waals surface area contributed by atoms with E-state index in [9.17, 15) is 0 Å². The first-order valence-corrected chi connectivity index (χ1v) is 7.28. The highest BCUT2D eigenvalue weighted by Crippen LogP contribution is 2.30. The van der Waals surface area contributed by atoms with Gasteiger partial charge in [0.2, 0.25) is 0 Å². The van der Waals surface area contributed by atoms with Gasteiger partial charge in [0.05, 0.1) is 17.3 Å². The van der Waals surface area contributed by atoms with Crippen LogP contribution >= 0.6 is 0 Å². The van der Waals surface area contributed by atoms with Crippen molar-refractivity contribution in [3.63, 3.8) is 0 Å². The van der Waals surface area contributed by atoms with Gasteiger partial charge in [-0.3, -0.25) is 16.0 Å². The SMILES string of the molecule is CCOC1(C(Cc2cc(C)nn2C)NN)CCOCC1. The molecule has 0 aliphatic carbocycles. The molecule has 1 aliphatic rings. The first-order valence-electron chi connectivity index (χ1n) is 7.28. The maximum absolute atomic E-state index is 6.09. The summed E-state index contributed by atoms with van der Waals surface area (Å²) in [7, 11) is 1.97. The second-order valence-corrected chi connectivity index (χ2v) is 5.43. The summed E-state index contributed by atoms with van der Waals surface area (Å²) in [4.78, 5) is 0. The van der Waals surface area contributed by atoms with Crippen LogP contribution in [0, 0.1) is 6.92 Å². The maximum Gasteiger partial charge on any atom is 0.0895 e. The molecule has 1 atom stereocenters. The molecule has 1 saturated heterocycles. The van der Waals surface area contributed by atoms with Crippen molar-refractivity contribution in [2.45, 2.75) is 44.8 Å². The van der Waals surface area contributed by atoms with E-state index in [1.165, 1.54) is 0 Å². The van der Waals surface area contributed by atoms with E-state index in [1.54, 1.807) is 0 Å². The summed E-state index contributed by atoms with van der Waals surface area (Å²) in [6, 6.07) is 2.16. The Morgan fingerprint density at radius 2 is 2.25 bits per heavy atom. The van der Waals surface area contributed by atoms with Gasteiger partial charge in [-0.15, -0.1) is 0 Å². The Labute approximate surface area is 120 Å². The van der Waals surface area contributed by atoms with E-state index < -0.39 is 0 Å². The minimum atomic E-state index is -0.250. The molecule has 2 rings (SSSR count). The molecule has 1 aromatic rings. The number of hydrazine groups is 1. The third kappa shape index (κ3) is 3.20. The Morgan fingerprint density at radius 1 is 1.55 bits per heavy atom. The summed E-state index contributed by atoms with van der Waals surface area (Å²) in [5, 5.41) is 4.39. The minimum Gasteiger partial charge on any atom is -0.381 e. The number of aryl methyl sites for hydroxylation is 2. The lowest BCUT2D eigenvalue weighted by molar-refractivity contribution is -0.126. The quantitative estimate of drug-likeness (QED) is 0.593. The van der Waals surface area contributed by atoms with Crippen molar-refractivity contribution in [2.24, 2.45) is 12.9 Å². The van der Waals surface area contributed by atoms with Crippen LogP contribution in [0.2, 0.25) is 0 Å². The van der Waals surface area contributed by atoms with Crippen LogP contribution in [0.5, 0.6) is 0 Å². The van der Waals surface area contributed by atoms with Gasteiger partial charge in [-0.05, 0) is 19.9 Å². The van der Waals surface area contributed by atoms with E-state index >= 15 is 0 Å². The Balaban J connectivity index is 2.17. The van der Waals surface area contributed by atoms with Gasteiger partial charge < -0.3 is 9.47 Å². The second kappa shape index (κ2) is 6.67. The van der Waals surface area contributed by atoms with Crippen LogP contribution in [0.15, 0.2) is 6.07 Å². The highest BCUT2D eigenvalue weighted by atomic mass is 16.5. The fraction of sp³-hybridized carbons (Fsp3) is 0.786.